The van der Waals surface area contributed by atoms with E-state index in [9.17, 15) is 23.9 Å². The number of hydrogen-bond donors (Lipinski definition) is 2. The molecule has 0 bridgehead atoms. The van der Waals surface area contributed by atoms with Crippen molar-refractivity contribution in [1.82, 2.24) is 19.7 Å². The second-order valence-corrected chi connectivity index (χ2v) is 16.9. The van der Waals surface area contributed by atoms with E-state index in [2.05, 4.69) is 72.1 Å². The average Bonchev–Trinajstić information content (AvgIpc) is 3.17. The lowest BCUT2D eigenvalue weighted by Crippen LogP contribution is -2.43. The second-order valence-electron chi connectivity index (χ2n) is 14.1. The zero-order valence-electron chi connectivity index (χ0n) is 32.0. The predicted molar refractivity (Wildman–Crippen MR) is 216 cm³/mol. The van der Waals surface area contributed by atoms with Crippen molar-refractivity contribution < 1.29 is 28.1 Å². The van der Waals surface area contributed by atoms with Crippen LogP contribution in [-0.4, -0.2) is 109 Å². The topological polar surface area (TPSA) is 139 Å². The molecule has 5 rings (SSSR count). The Morgan fingerprint density at radius 3 is 2.24 bits per heavy atom. The Morgan fingerprint density at radius 2 is 1.55 bits per heavy atom. The molecule has 0 spiro atoms. The number of pyridine rings is 1. The molecule has 1 fully saturated rings. The van der Waals surface area contributed by atoms with Crippen LogP contribution in [0.1, 0.15) is 45.4 Å². The van der Waals surface area contributed by atoms with Gasteiger partial charge in [-0.3, -0.25) is 9.88 Å². The minimum atomic E-state index is -2.89. The van der Waals surface area contributed by atoms with Crippen LogP contribution >= 0.6 is 11.6 Å². The molecule has 2 N–H and O–H groups in total. The van der Waals surface area contributed by atoms with Gasteiger partial charge in [0, 0.05) is 88.6 Å². The van der Waals surface area contributed by atoms with Crippen LogP contribution in [0.4, 0.5) is 0 Å². The Labute approximate surface area is 330 Å². The molecule has 1 aromatic heterocycles. The van der Waals surface area contributed by atoms with Crippen molar-refractivity contribution >= 4 is 21.4 Å². The molecule has 0 amide bonds. The standard InChI is InChI=1S/C42H52ClN5O6S/c1-31-35(27-46(3)12-13-47-15-19-55(51,52)20-16-47)7-4-9-38(31)39-10-5-8-36(32(39)2)30-54-42-23-41(53-29-34-21-33(24-44)25-45-26-34)37(22-40(42)43)28-48(14-18-50)11-6-17-49/h4-5,7-10,21-23,25-26,49-50H,6,11-20,27-30H2,1-3H3. The minimum Gasteiger partial charge on any atom is -0.488 e. The van der Waals surface area contributed by atoms with E-state index in [0.29, 0.717) is 61.2 Å². The van der Waals surface area contributed by atoms with Crippen molar-refractivity contribution in [3.05, 3.63) is 111 Å². The monoisotopic (exact) mass is 789 g/mol. The Kier molecular flexibility index (Phi) is 15.5. The maximum atomic E-state index is 11.8. The summed E-state index contributed by atoms with van der Waals surface area (Å²) < 4.78 is 36.3. The largest absolute Gasteiger partial charge is 0.488 e. The van der Waals surface area contributed by atoms with Gasteiger partial charge in [-0.25, -0.2) is 8.42 Å². The Balaban J connectivity index is 1.31. The molecule has 294 valence electrons. The summed E-state index contributed by atoms with van der Waals surface area (Å²) >= 11 is 6.85. The van der Waals surface area contributed by atoms with Crippen LogP contribution in [0.15, 0.2) is 67.0 Å². The quantitative estimate of drug-likeness (QED) is 0.127. The van der Waals surface area contributed by atoms with Crippen LogP contribution in [0.25, 0.3) is 11.1 Å². The normalized spacial score (nSPS) is 14.3. The molecule has 2 heterocycles. The van der Waals surface area contributed by atoms with Crippen LogP contribution in [0.5, 0.6) is 11.5 Å². The summed E-state index contributed by atoms with van der Waals surface area (Å²) in [6.45, 7) is 9.86. The Morgan fingerprint density at radius 1 is 0.855 bits per heavy atom. The lowest BCUT2D eigenvalue weighted by Gasteiger charge is -2.28. The molecule has 3 aromatic carbocycles. The molecule has 1 aliphatic rings. The first-order valence-corrected chi connectivity index (χ1v) is 20.8. The molecule has 0 unspecified atom stereocenters. The summed E-state index contributed by atoms with van der Waals surface area (Å²) in [7, 11) is -0.781. The van der Waals surface area contributed by atoms with E-state index in [1.165, 1.54) is 17.3 Å². The van der Waals surface area contributed by atoms with Crippen molar-refractivity contribution in [2.45, 2.75) is 46.6 Å². The van der Waals surface area contributed by atoms with E-state index in [1.807, 2.05) is 17.0 Å². The predicted octanol–water partition coefficient (Wildman–Crippen LogP) is 5.39. The summed E-state index contributed by atoms with van der Waals surface area (Å²) in [6.07, 6.45) is 3.72. The summed E-state index contributed by atoms with van der Waals surface area (Å²) in [4.78, 5) is 10.7. The van der Waals surface area contributed by atoms with Crippen LogP contribution < -0.4 is 9.47 Å². The number of nitriles is 1. The third-order valence-electron chi connectivity index (χ3n) is 10.1. The summed E-state index contributed by atoms with van der Waals surface area (Å²) in [6, 6.07) is 20.1. The fourth-order valence-corrected chi connectivity index (χ4v) is 8.29. The number of aliphatic hydroxyl groups excluding tert-OH is 2. The number of halogens is 1. The number of sulfone groups is 1. The Bertz CT molecular complexity index is 2040. The van der Waals surface area contributed by atoms with E-state index in [-0.39, 0.29) is 37.9 Å². The molecule has 0 aliphatic carbocycles. The highest BCUT2D eigenvalue weighted by atomic mass is 35.5. The molecule has 0 radical (unpaired) electrons. The highest BCUT2D eigenvalue weighted by molar-refractivity contribution is 7.91. The number of rotatable bonds is 19. The number of aliphatic hydroxyl groups is 2. The summed E-state index contributed by atoms with van der Waals surface area (Å²) in [5.74, 6) is 1.50. The summed E-state index contributed by atoms with van der Waals surface area (Å²) in [5.41, 5.74) is 8.85. The van der Waals surface area contributed by atoms with Gasteiger partial charge in [0.25, 0.3) is 0 Å². The van der Waals surface area contributed by atoms with Crippen LogP contribution in [-0.2, 0) is 36.1 Å². The Hall–Kier alpha value is -4.06. The lowest BCUT2D eigenvalue weighted by atomic mass is 9.91. The van der Waals surface area contributed by atoms with Crippen LogP contribution in [0.3, 0.4) is 0 Å². The van der Waals surface area contributed by atoms with Gasteiger partial charge < -0.3 is 29.5 Å². The van der Waals surface area contributed by atoms with Gasteiger partial charge in [0.05, 0.1) is 28.7 Å². The van der Waals surface area contributed by atoms with Crippen molar-refractivity contribution in [3.63, 3.8) is 0 Å². The van der Waals surface area contributed by atoms with Crippen molar-refractivity contribution in [2.24, 2.45) is 0 Å². The van der Waals surface area contributed by atoms with E-state index in [0.717, 1.165) is 53.0 Å². The number of hydrogen-bond acceptors (Lipinski definition) is 11. The van der Waals surface area contributed by atoms with E-state index < -0.39 is 9.84 Å². The number of ether oxygens (including phenoxy) is 2. The van der Waals surface area contributed by atoms with Crippen LogP contribution in [0, 0.1) is 25.2 Å². The van der Waals surface area contributed by atoms with Gasteiger partial charge in [-0.1, -0.05) is 48.0 Å². The molecular weight excluding hydrogens is 738 g/mol. The van der Waals surface area contributed by atoms with Gasteiger partial charge in [-0.05, 0) is 72.8 Å². The third kappa shape index (κ3) is 12.0. The minimum absolute atomic E-state index is 0.0292. The fourth-order valence-electron chi connectivity index (χ4n) is 6.77. The number of benzene rings is 3. The van der Waals surface area contributed by atoms with Crippen LogP contribution in [0.2, 0.25) is 5.02 Å². The van der Waals surface area contributed by atoms with Gasteiger partial charge in [-0.15, -0.1) is 0 Å². The van der Waals surface area contributed by atoms with Crippen molar-refractivity contribution in [2.75, 3.05) is 71.0 Å². The first-order valence-electron chi connectivity index (χ1n) is 18.6. The molecule has 1 aliphatic heterocycles. The van der Waals surface area contributed by atoms with Gasteiger partial charge in [-0.2, -0.15) is 5.26 Å². The molecule has 11 nitrogen and oxygen atoms in total. The molecular formula is C42H52ClN5O6S. The lowest BCUT2D eigenvalue weighted by molar-refractivity contribution is 0.172. The van der Waals surface area contributed by atoms with E-state index in [4.69, 9.17) is 21.1 Å². The maximum absolute atomic E-state index is 11.8. The van der Waals surface area contributed by atoms with Crippen molar-refractivity contribution in [1.29, 1.82) is 5.26 Å². The third-order valence-corrected chi connectivity index (χ3v) is 12.0. The average molecular weight is 790 g/mol. The summed E-state index contributed by atoms with van der Waals surface area (Å²) in [5, 5.41) is 28.9. The highest BCUT2D eigenvalue weighted by Gasteiger charge is 2.22. The number of likely N-dealkylation sites (N-methyl/N-ethyl adjacent to an activating group) is 1. The van der Waals surface area contributed by atoms with Gasteiger partial charge in [0.15, 0.2) is 9.84 Å². The smallest absolute Gasteiger partial charge is 0.152 e. The maximum Gasteiger partial charge on any atom is 0.152 e. The molecule has 55 heavy (non-hydrogen) atoms. The number of aromatic nitrogens is 1. The van der Waals surface area contributed by atoms with Gasteiger partial charge in [0.1, 0.15) is 30.8 Å². The fraction of sp³-hybridized carbons (Fsp3) is 0.429. The molecule has 1 saturated heterocycles. The van der Waals surface area contributed by atoms with Crippen molar-refractivity contribution in [3.8, 4) is 28.7 Å². The first-order chi connectivity index (χ1) is 26.5. The molecule has 0 saturated carbocycles. The molecule has 0 atom stereocenters. The SMILES string of the molecule is Cc1c(COc2cc(OCc3cncc(C#N)c3)c(CN(CCO)CCCO)cc2Cl)cccc1-c1cccc(CN(C)CCN2CCS(=O)(=O)CC2)c1C. The highest BCUT2D eigenvalue weighted by Crippen LogP contribution is 2.36. The molecule has 4 aromatic rings. The second kappa shape index (κ2) is 20.2. The zero-order valence-corrected chi connectivity index (χ0v) is 33.6. The zero-order chi connectivity index (χ0) is 39.4. The molecule has 13 heteroatoms. The van der Waals surface area contributed by atoms with E-state index >= 15 is 0 Å². The first kappa shape index (κ1) is 42.1. The van der Waals surface area contributed by atoms with E-state index in [1.54, 1.807) is 18.3 Å². The van der Waals surface area contributed by atoms with Gasteiger partial charge in [0.2, 0.25) is 0 Å². The van der Waals surface area contributed by atoms with Gasteiger partial charge >= 0.3 is 0 Å². The number of nitrogens with zero attached hydrogens (tertiary/aromatic N) is 5.